The smallest absolute Gasteiger partial charge is 0.332 e. The Morgan fingerprint density at radius 3 is 2.57 bits per heavy atom. The van der Waals surface area contributed by atoms with E-state index in [1.807, 2.05) is 25.1 Å². The average molecular weight is 285 g/mol. The van der Waals surface area contributed by atoms with Crippen molar-refractivity contribution in [2.45, 2.75) is 13.0 Å². The molecule has 0 aromatic carbocycles. The summed E-state index contributed by atoms with van der Waals surface area (Å²) in [5.41, 5.74) is -0.456. The minimum absolute atomic E-state index is 0.0950. The van der Waals surface area contributed by atoms with Crippen molar-refractivity contribution in [2.24, 2.45) is 14.1 Å². The maximum absolute atomic E-state index is 12.0. The Morgan fingerprint density at radius 2 is 2.00 bits per heavy atom. The summed E-state index contributed by atoms with van der Waals surface area (Å²) in [6, 6.07) is 7.06. The van der Waals surface area contributed by atoms with E-state index in [1.165, 1.54) is 18.7 Å². The molecule has 0 amide bonds. The lowest BCUT2D eigenvalue weighted by atomic mass is 10.2. The van der Waals surface area contributed by atoms with Gasteiger partial charge in [-0.25, -0.2) is 4.79 Å². The number of hydrogen-bond acceptors (Lipinski definition) is 5. The highest BCUT2D eigenvalue weighted by molar-refractivity contribution is 5.52. The quantitative estimate of drug-likeness (QED) is 0.887. The van der Waals surface area contributed by atoms with Gasteiger partial charge in [0, 0.05) is 20.3 Å². The first kappa shape index (κ1) is 14.5. The molecule has 2 aromatic heterocycles. The Hall–Kier alpha value is -2.88. The number of nitrogens with zero attached hydrogens (tertiary/aromatic N) is 4. The van der Waals surface area contributed by atoms with E-state index in [0.29, 0.717) is 0 Å². The minimum atomic E-state index is -0.615. The van der Waals surface area contributed by atoms with Crippen LogP contribution in [0.5, 0.6) is 0 Å². The number of hydrogen-bond donors (Lipinski definition) is 1. The lowest BCUT2D eigenvalue weighted by molar-refractivity contribution is 0.676. The fourth-order valence-corrected chi connectivity index (χ4v) is 2.03. The summed E-state index contributed by atoms with van der Waals surface area (Å²) in [6.45, 7) is 1.84. The molecule has 1 atom stereocenters. The summed E-state index contributed by atoms with van der Waals surface area (Å²) < 4.78 is 2.16. The van der Waals surface area contributed by atoms with Crippen LogP contribution in [-0.4, -0.2) is 14.1 Å². The molecule has 0 aliphatic carbocycles. The van der Waals surface area contributed by atoms with Gasteiger partial charge in [-0.3, -0.25) is 18.9 Å². The number of pyridine rings is 1. The van der Waals surface area contributed by atoms with Crippen LogP contribution in [-0.2, 0) is 14.1 Å². The van der Waals surface area contributed by atoms with Gasteiger partial charge in [0.05, 0.1) is 11.7 Å². The van der Waals surface area contributed by atoms with Crippen molar-refractivity contribution in [3.05, 3.63) is 56.5 Å². The maximum Gasteiger partial charge on any atom is 0.332 e. The van der Waals surface area contributed by atoms with Gasteiger partial charge < -0.3 is 5.32 Å². The minimum Gasteiger partial charge on any atom is -0.362 e. The van der Waals surface area contributed by atoms with E-state index >= 15 is 0 Å². The topological polar surface area (TPSA) is 92.7 Å². The van der Waals surface area contributed by atoms with E-state index in [0.717, 1.165) is 10.3 Å². The maximum atomic E-state index is 12.0. The number of nitriles is 1. The van der Waals surface area contributed by atoms with Crippen LogP contribution in [0, 0.1) is 11.3 Å². The molecule has 2 aromatic rings. The summed E-state index contributed by atoms with van der Waals surface area (Å²) in [5.74, 6) is 0.198. The molecule has 1 unspecified atom stereocenters. The normalized spacial score (nSPS) is 11.7. The van der Waals surface area contributed by atoms with Crippen LogP contribution in [0.1, 0.15) is 24.2 Å². The Bertz CT molecular complexity index is 814. The number of aromatic nitrogens is 3. The van der Waals surface area contributed by atoms with Crippen molar-refractivity contribution < 1.29 is 0 Å². The average Bonchev–Trinajstić information content (AvgIpc) is 2.51. The predicted molar refractivity (Wildman–Crippen MR) is 77.9 cm³/mol. The van der Waals surface area contributed by atoms with E-state index in [4.69, 9.17) is 0 Å². The summed E-state index contributed by atoms with van der Waals surface area (Å²) in [6.07, 6.45) is 1.65. The zero-order valence-electron chi connectivity index (χ0n) is 12.0. The molecule has 108 valence electrons. The molecule has 0 radical (unpaired) electrons. The van der Waals surface area contributed by atoms with Gasteiger partial charge in [-0.05, 0) is 19.1 Å². The summed E-state index contributed by atoms with van der Waals surface area (Å²) in [5, 5.41) is 12.2. The van der Waals surface area contributed by atoms with Crippen molar-refractivity contribution >= 4 is 5.82 Å². The highest BCUT2D eigenvalue weighted by Gasteiger charge is 2.17. The number of anilines is 1. The van der Waals surface area contributed by atoms with Crippen LogP contribution < -0.4 is 16.6 Å². The standard InChI is InChI=1S/C14H15N5O2/c1-9(11-6-4-5-7-16-11)17-12-10(8-15)13(20)19(3)14(21)18(12)2/h4-7,9,17H,1-3H3. The molecule has 2 rings (SSSR count). The Morgan fingerprint density at radius 1 is 1.29 bits per heavy atom. The van der Waals surface area contributed by atoms with Crippen LogP contribution in [0.2, 0.25) is 0 Å². The summed E-state index contributed by atoms with van der Waals surface area (Å²) in [4.78, 5) is 28.1. The third kappa shape index (κ3) is 2.56. The van der Waals surface area contributed by atoms with Crippen LogP contribution in [0.4, 0.5) is 5.82 Å². The van der Waals surface area contributed by atoms with Crippen molar-refractivity contribution in [3.63, 3.8) is 0 Å². The molecule has 0 saturated carbocycles. The lowest BCUT2D eigenvalue weighted by Crippen LogP contribution is -2.40. The highest BCUT2D eigenvalue weighted by atomic mass is 16.2. The molecule has 2 heterocycles. The second kappa shape index (κ2) is 5.63. The molecule has 0 fully saturated rings. The van der Waals surface area contributed by atoms with Gasteiger partial charge in [0.25, 0.3) is 5.56 Å². The van der Waals surface area contributed by atoms with Crippen LogP contribution in [0.3, 0.4) is 0 Å². The first-order valence-corrected chi connectivity index (χ1v) is 6.35. The van der Waals surface area contributed by atoms with Crippen LogP contribution in [0.15, 0.2) is 34.0 Å². The molecular formula is C14H15N5O2. The van der Waals surface area contributed by atoms with Gasteiger partial charge >= 0.3 is 5.69 Å². The van der Waals surface area contributed by atoms with Crippen molar-refractivity contribution in [3.8, 4) is 6.07 Å². The largest absolute Gasteiger partial charge is 0.362 e. The molecule has 0 spiro atoms. The molecule has 7 nitrogen and oxygen atoms in total. The molecule has 21 heavy (non-hydrogen) atoms. The van der Waals surface area contributed by atoms with Crippen LogP contribution >= 0.6 is 0 Å². The van der Waals surface area contributed by atoms with E-state index in [9.17, 15) is 14.9 Å². The molecule has 0 saturated heterocycles. The Labute approximate surface area is 121 Å². The monoisotopic (exact) mass is 285 g/mol. The Kier molecular flexibility index (Phi) is 3.89. The lowest BCUT2D eigenvalue weighted by Gasteiger charge is -2.18. The summed E-state index contributed by atoms with van der Waals surface area (Å²) in [7, 11) is 2.85. The van der Waals surface area contributed by atoms with Crippen molar-refractivity contribution in [1.29, 1.82) is 5.26 Å². The van der Waals surface area contributed by atoms with Gasteiger partial charge in [-0.2, -0.15) is 5.26 Å². The zero-order valence-corrected chi connectivity index (χ0v) is 12.0. The van der Waals surface area contributed by atoms with E-state index < -0.39 is 11.2 Å². The van der Waals surface area contributed by atoms with E-state index in [-0.39, 0.29) is 17.4 Å². The summed E-state index contributed by atoms with van der Waals surface area (Å²) >= 11 is 0. The van der Waals surface area contributed by atoms with E-state index in [2.05, 4.69) is 10.3 Å². The second-order valence-electron chi connectivity index (χ2n) is 4.66. The Balaban J connectivity index is 2.53. The van der Waals surface area contributed by atoms with Crippen molar-refractivity contribution in [1.82, 2.24) is 14.1 Å². The number of nitrogens with one attached hydrogen (secondary N) is 1. The predicted octanol–water partition coefficient (Wildman–Crippen LogP) is 0.524. The van der Waals surface area contributed by atoms with Gasteiger partial charge in [-0.15, -0.1) is 0 Å². The molecule has 0 bridgehead atoms. The fraction of sp³-hybridized carbons (Fsp3) is 0.286. The van der Waals surface area contributed by atoms with Gasteiger partial charge in [0.15, 0.2) is 5.56 Å². The third-order valence-electron chi connectivity index (χ3n) is 3.26. The first-order chi connectivity index (χ1) is 9.97. The number of rotatable bonds is 3. The first-order valence-electron chi connectivity index (χ1n) is 6.35. The fourth-order valence-electron chi connectivity index (χ4n) is 2.03. The molecule has 7 heteroatoms. The molecule has 1 N–H and O–H groups in total. The second-order valence-corrected chi connectivity index (χ2v) is 4.66. The van der Waals surface area contributed by atoms with E-state index in [1.54, 1.807) is 12.3 Å². The van der Waals surface area contributed by atoms with Gasteiger partial charge in [0.1, 0.15) is 11.9 Å². The molecule has 0 aliphatic rings. The highest BCUT2D eigenvalue weighted by Crippen LogP contribution is 2.17. The zero-order chi connectivity index (χ0) is 15.6. The van der Waals surface area contributed by atoms with Gasteiger partial charge in [0.2, 0.25) is 0 Å². The SMILES string of the molecule is CC(Nc1c(C#N)c(=O)n(C)c(=O)n1C)c1ccccn1. The van der Waals surface area contributed by atoms with Gasteiger partial charge in [-0.1, -0.05) is 6.07 Å². The van der Waals surface area contributed by atoms with Crippen molar-refractivity contribution in [2.75, 3.05) is 5.32 Å². The van der Waals surface area contributed by atoms with Crippen LogP contribution in [0.25, 0.3) is 0 Å². The molecule has 0 aliphatic heterocycles. The third-order valence-corrected chi connectivity index (χ3v) is 3.26. The molecular weight excluding hydrogens is 270 g/mol.